The number of hydrogen-bond acceptors (Lipinski definition) is 2. The first-order valence-corrected chi connectivity index (χ1v) is 5.02. The van der Waals surface area contributed by atoms with Crippen molar-refractivity contribution in [2.75, 3.05) is 18.0 Å². The molecule has 0 atom stereocenters. The Morgan fingerprint density at radius 2 is 2.08 bits per heavy atom. The second-order valence-electron chi connectivity index (χ2n) is 3.02. The van der Waals surface area contributed by atoms with Crippen molar-refractivity contribution < 1.29 is 0 Å². The first-order chi connectivity index (χ1) is 5.88. The van der Waals surface area contributed by atoms with Crippen LogP contribution in [-0.2, 0) is 0 Å². The Kier molecular flexibility index (Phi) is 2.30. The van der Waals surface area contributed by atoms with Crippen molar-refractivity contribution in [1.82, 2.24) is 4.98 Å². The quantitative estimate of drug-likeness (QED) is 0.732. The van der Waals surface area contributed by atoms with Gasteiger partial charge in [0.25, 0.3) is 0 Å². The molecule has 64 valence electrons. The minimum atomic E-state index is 1.10. The van der Waals surface area contributed by atoms with Gasteiger partial charge in [0.05, 0.1) is 10.2 Å². The van der Waals surface area contributed by atoms with Gasteiger partial charge in [0.1, 0.15) is 0 Å². The van der Waals surface area contributed by atoms with E-state index >= 15 is 0 Å². The highest BCUT2D eigenvalue weighted by molar-refractivity contribution is 9.10. The molecular formula is C9H11BrN2. The highest BCUT2D eigenvalue weighted by Gasteiger charge is 2.13. The zero-order valence-corrected chi connectivity index (χ0v) is 8.42. The van der Waals surface area contributed by atoms with Gasteiger partial charge in [-0.2, -0.15) is 0 Å². The normalized spacial score (nSPS) is 16.9. The fraction of sp³-hybridized carbons (Fsp3) is 0.444. The molecule has 0 N–H and O–H groups in total. The molecule has 0 amide bonds. The van der Waals surface area contributed by atoms with Crippen LogP contribution in [0.2, 0.25) is 0 Å². The maximum absolute atomic E-state index is 4.04. The number of anilines is 1. The highest BCUT2D eigenvalue weighted by atomic mass is 79.9. The number of nitrogens with zero attached hydrogens (tertiary/aromatic N) is 2. The number of aromatic nitrogens is 1. The molecule has 0 spiro atoms. The summed E-state index contributed by atoms with van der Waals surface area (Å²) >= 11 is 3.50. The third kappa shape index (κ3) is 1.46. The average Bonchev–Trinajstić information content (AvgIpc) is 2.57. The third-order valence-corrected chi connectivity index (χ3v) is 2.81. The van der Waals surface area contributed by atoms with Crippen LogP contribution >= 0.6 is 15.9 Å². The molecule has 0 radical (unpaired) electrons. The summed E-state index contributed by atoms with van der Waals surface area (Å²) in [7, 11) is 0. The summed E-state index contributed by atoms with van der Waals surface area (Å²) in [5.41, 5.74) is 1.28. The summed E-state index contributed by atoms with van der Waals surface area (Å²) in [5.74, 6) is 0. The summed E-state index contributed by atoms with van der Waals surface area (Å²) < 4.78 is 1.10. The van der Waals surface area contributed by atoms with E-state index in [1.807, 2.05) is 12.4 Å². The fourth-order valence-corrected chi connectivity index (χ4v) is 2.08. The molecule has 2 heterocycles. The number of pyridine rings is 1. The lowest BCUT2D eigenvalue weighted by Crippen LogP contribution is -2.17. The fourth-order valence-electron chi connectivity index (χ4n) is 1.58. The van der Waals surface area contributed by atoms with Crippen LogP contribution in [0.5, 0.6) is 0 Å². The Morgan fingerprint density at radius 1 is 1.33 bits per heavy atom. The maximum Gasteiger partial charge on any atom is 0.0592 e. The second-order valence-corrected chi connectivity index (χ2v) is 3.88. The number of rotatable bonds is 1. The van der Waals surface area contributed by atoms with Crippen LogP contribution in [-0.4, -0.2) is 18.1 Å². The van der Waals surface area contributed by atoms with Gasteiger partial charge in [-0.05, 0) is 34.8 Å². The van der Waals surface area contributed by atoms with Crippen LogP contribution in [0.3, 0.4) is 0 Å². The van der Waals surface area contributed by atoms with E-state index in [9.17, 15) is 0 Å². The molecule has 0 aromatic carbocycles. The van der Waals surface area contributed by atoms with E-state index in [2.05, 4.69) is 31.9 Å². The van der Waals surface area contributed by atoms with Gasteiger partial charge in [-0.3, -0.25) is 4.98 Å². The van der Waals surface area contributed by atoms with Gasteiger partial charge in [0, 0.05) is 25.5 Å². The molecular weight excluding hydrogens is 216 g/mol. The molecule has 3 heteroatoms. The molecule has 0 aliphatic carbocycles. The summed E-state index contributed by atoms with van der Waals surface area (Å²) in [4.78, 5) is 6.44. The summed E-state index contributed by atoms with van der Waals surface area (Å²) in [6, 6.07) is 2.06. The second kappa shape index (κ2) is 3.44. The lowest BCUT2D eigenvalue weighted by atomic mass is 10.4. The van der Waals surface area contributed by atoms with E-state index in [-0.39, 0.29) is 0 Å². The van der Waals surface area contributed by atoms with Gasteiger partial charge < -0.3 is 4.90 Å². The van der Waals surface area contributed by atoms with Crippen LogP contribution in [0.1, 0.15) is 12.8 Å². The van der Waals surface area contributed by atoms with Crippen molar-refractivity contribution >= 4 is 21.6 Å². The molecule has 1 aromatic rings. The van der Waals surface area contributed by atoms with Gasteiger partial charge in [-0.1, -0.05) is 0 Å². The molecule has 0 bridgehead atoms. The lowest BCUT2D eigenvalue weighted by Gasteiger charge is -2.18. The van der Waals surface area contributed by atoms with Gasteiger partial charge >= 0.3 is 0 Å². The first-order valence-electron chi connectivity index (χ1n) is 4.22. The van der Waals surface area contributed by atoms with Crippen LogP contribution < -0.4 is 4.90 Å². The van der Waals surface area contributed by atoms with Crippen LogP contribution in [0, 0.1) is 0 Å². The van der Waals surface area contributed by atoms with E-state index < -0.39 is 0 Å². The predicted octanol–water partition coefficient (Wildman–Crippen LogP) is 2.44. The molecule has 1 aliphatic rings. The highest BCUT2D eigenvalue weighted by Crippen LogP contribution is 2.27. The molecule has 0 unspecified atom stereocenters. The Bertz CT molecular complexity index is 269. The van der Waals surface area contributed by atoms with Crippen molar-refractivity contribution in [3.63, 3.8) is 0 Å². The standard InChI is InChI=1S/C9H11BrN2/c10-8-7-11-4-3-9(8)12-5-1-2-6-12/h3-4,7H,1-2,5-6H2. The minimum absolute atomic E-state index is 1.10. The molecule has 2 rings (SSSR count). The maximum atomic E-state index is 4.04. The Labute approximate surface area is 80.7 Å². The average molecular weight is 227 g/mol. The van der Waals surface area contributed by atoms with Crippen molar-refractivity contribution in [3.8, 4) is 0 Å². The third-order valence-electron chi connectivity index (χ3n) is 2.20. The van der Waals surface area contributed by atoms with Crippen LogP contribution in [0.25, 0.3) is 0 Å². The SMILES string of the molecule is Brc1cnccc1N1CCCC1. The molecule has 1 aromatic heterocycles. The molecule has 12 heavy (non-hydrogen) atoms. The first kappa shape index (κ1) is 8.05. The Hall–Kier alpha value is -0.570. The van der Waals surface area contributed by atoms with Crippen LogP contribution in [0.15, 0.2) is 22.9 Å². The summed E-state index contributed by atoms with van der Waals surface area (Å²) in [5, 5.41) is 0. The zero-order chi connectivity index (χ0) is 8.39. The van der Waals surface area contributed by atoms with E-state index in [0.717, 1.165) is 4.47 Å². The molecule has 1 aliphatic heterocycles. The lowest BCUT2D eigenvalue weighted by molar-refractivity contribution is 0.949. The molecule has 2 nitrogen and oxygen atoms in total. The number of halogens is 1. The van der Waals surface area contributed by atoms with Crippen molar-refractivity contribution in [2.24, 2.45) is 0 Å². The minimum Gasteiger partial charge on any atom is -0.371 e. The Balaban J connectivity index is 2.26. The molecule has 1 saturated heterocycles. The van der Waals surface area contributed by atoms with E-state index in [1.54, 1.807) is 0 Å². The largest absolute Gasteiger partial charge is 0.371 e. The van der Waals surface area contributed by atoms with Gasteiger partial charge in [-0.15, -0.1) is 0 Å². The van der Waals surface area contributed by atoms with E-state index in [4.69, 9.17) is 0 Å². The van der Waals surface area contributed by atoms with E-state index in [0.29, 0.717) is 0 Å². The smallest absolute Gasteiger partial charge is 0.0592 e. The summed E-state index contributed by atoms with van der Waals surface area (Å²) in [6.07, 6.45) is 6.33. The van der Waals surface area contributed by atoms with Gasteiger partial charge in [-0.25, -0.2) is 0 Å². The van der Waals surface area contributed by atoms with Gasteiger partial charge in [0.2, 0.25) is 0 Å². The molecule has 0 saturated carbocycles. The number of hydrogen-bond donors (Lipinski definition) is 0. The van der Waals surface area contributed by atoms with Crippen molar-refractivity contribution in [3.05, 3.63) is 22.9 Å². The topological polar surface area (TPSA) is 16.1 Å². The van der Waals surface area contributed by atoms with Gasteiger partial charge in [0.15, 0.2) is 0 Å². The van der Waals surface area contributed by atoms with E-state index in [1.165, 1.54) is 31.6 Å². The zero-order valence-electron chi connectivity index (χ0n) is 6.83. The summed E-state index contributed by atoms with van der Waals surface area (Å²) in [6.45, 7) is 2.37. The van der Waals surface area contributed by atoms with Crippen molar-refractivity contribution in [2.45, 2.75) is 12.8 Å². The predicted molar refractivity (Wildman–Crippen MR) is 53.4 cm³/mol. The van der Waals surface area contributed by atoms with Crippen molar-refractivity contribution in [1.29, 1.82) is 0 Å². The Morgan fingerprint density at radius 3 is 2.75 bits per heavy atom. The monoisotopic (exact) mass is 226 g/mol. The molecule has 1 fully saturated rings. The van der Waals surface area contributed by atoms with Crippen LogP contribution in [0.4, 0.5) is 5.69 Å².